The number of carbonyl (C=O) groups is 1. The van der Waals surface area contributed by atoms with Gasteiger partial charge in [-0.2, -0.15) is 27.5 Å². The summed E-state index contributed by atoms with van der Waals surface area (Å²) in [6.07, 6.45) is -5.72. The van der Waals surface area contributed by atoms with Crippen molar-refractivity contribution in [2.45, 2.75) is 70.9 Å². The molecular formula is C34H33ClF6N6O3. The number of methoxy groups -OCH3 is 1. The highest BCUT2D eigenvalue weighted by Crippen LogP contribution is 2.46. The second-order valence-corrected chi connectivity index (χ2v) is 13.7. The van der Waals surface area contributed by atoms with E-state index < -0.39 is 74.3 Å². The molecule has 50 heavy (non-hydrogen) atoms. The molecule has 9 nitrogen and oxygen atoms in total. The van der Waals surface area contributed by atoms with Crippen LogP contribution < -0.4 is 15.0 Å². The van der Waals surface area contributed by atoms with Gasteiger partial charge in [-0.25, -0.2) is 18.6 Å². The molecular weight excluding hydrogens is 690 g/mol. The van der Waals surface area contributed by atoms with Gasteiger partial charge in [-0.1, -0.05) is 23.7 Å². The van der Waals surface area contributed by atoms with Gasteiger partial charge in [0.1, 0.15) is 22.7 Å². The summed E-state index contributed by atoms with van der Waals surface area (Å²) in [4.78, 5) is 27.7. The molecule has 1 amide bonds. The van der Waals surface area contributed by atoms with E-state index >= 15 is 13.2 Å². The summed E-state index contributed by atoms with van der Waals surface area (Å²) in [5.41, 5.74) is -4.95. The van der Waals surface area contributed by atoms with Crippen molar-refractivity contribution < 1.29 is 40.6 Å². The Bertz CT molecular complexity index is 1960. The summed E-state index contributed by atoms with van der Waals surface area (Å²) in [7, 11) is 1.48. The maximum absolute atomic E-state index is 16.5. The first-order chi connectivity index (χ1) is 23.5. The van der Waals surface area contributed by atoms with Gasteiger partial charge in [0.25, 0.3) is 0 Å². The number of aromatic nitrogens is 3. The minimum absolute atomic E-state index is 0.0401. The Balaban J connectivity index is 1.41. The minimum Gasteiger partial charge on any atom is -0.497 e. The summed E-state index contributed by atoms with van der Waals surface area (Å²) < 4.78 is 101. The van der Waals surface area contributed by atoms with Crippen LogP contribution in [-0.2, 0) is 17.5 Å². The molecule has 2 aromatic carbocycles. The molecule has 1 N–H and O–H groups in total. The second kappa shape index (κ2) is 13.0. The Labute approximate surface area is 288 Å². The summed E-state index contributed by atoms with van der Waals surface area (Å²) in [5.74, 6) is -2.74. The Kier molecular flexibility index (Phi) is 9.16. The Morgan fingerprint density at radius 3 is 2.22 bits per heavy atom. The molecule has 2 aromatic heterocycles. The highest BCUT2D eigenvalue weighted by molar-refractivity contribution is 6.34. The molecule has 266 valence electrons. The van der Waals surface area contributed by atoms with Crippen molar-refractivity contribution in [2.75, 3.05) is 30.4 Å². The van der Waals surface area contributed by atoms with Gasteiger partial charge in [-0.15, -0.1) is 0 Å². The van der Waals surface area contributed by atoms with Crippen molar-refractivity contribution in [2.24, 2.45) is 0 Å². The van der Waals surface area contributed by atoms with E-state index in [2.05, 4.69) is 20.3 Å². The van der Waals surface area contributed by atoms with Crippen LogP contribution in [0.3, 0.4) is 0 Å². The third kappa shape index (κ3) is 6.66. The van der Waals surface area contributed by atoms with Crippen LogP contribution in [0, 0.1) is 24.6 Å². The largest absolute Gasteiger partial charge is 0.497 e. The van der Waals surface area contributed by atoms with Gasteiger partial charge in [0.05, 0.1) is 41.0 Å². The molecule has 0 aliphatic carbocycles. The number of fused-ring (bicyclic) bond motifs is 3. The lowest BCUT2D eigenvalue weighted by molar-refractivity contribution is -0.137. The monoisotopic (exact) mass is 722 g/mol. The number of nitrogens with one attached hydrogen (secondary N) is 1. The molecule has 4 aromatic rings. The lowest BCUT2D eigenvalue weighted by Crippen LogP contribution is -2.57. The van der Waals surface area contributed by atoms with Crippen LogP contribution in [-0.4, -0.2) is 63.8 Å². The summed E-state index contributed by atoms with van der Waals surface area (Å²) >= 11 is 6.55. The molecule has 2 bridgehead atoms. The van der Waals surface area contributed by atoms with Crippen molar-refractivity contribution >= 4 is 40.2 Å². The van der Waals surface area contributed by atoms with Gasteiger partial charge >= 0.3 is 18.3 Å². The van der Waals surface area contributed by atoms with E-state index in [0.717, 1.165) is 13.0 Å². The predicted octanol–water partition coefficient (Wildman–Crippen LogP) is 8.30. The van der Waals surface area contributed by atoms with Gasteiger partial charge in [0.15, 0.2) is 17.5 Å². The maximum atomic E-state index is 16.5. The second-order valence-electron chi connectivity index (χ2n) is 13.3. The molecule has 2 atom stereocenters. The molecule has 4 heterocycles. The van der Waals surface area contributed by atoms with Gasteiger partial charge < -0.3 is 19.7 Å². The molecule has 6 rings (SSSR count). The highest BCUT2D eigenvalue weighted by atomic mass is 35.5. The fourth-order valence-electron chi connectivity index (χ4n) is 6.56. The molecule has 0 spiro atoms. The van der Waals surface area contributed by atoms with Crippen LogP contribution in [0.15, 0.2) is 30.3 Å². The molecule has 2 unspecified atom stereocenters. The fraction of sp³-hybridized carbons (Fsp3) is 0.412. The van der Waals surface area contributed by atoms with Crippen molar-refractivity contribution in [1.29, 1.82) is 0 Å². The molecule has 2 aliphatic heterocycles. The quantitative estimate of drug-likeness (QED) is 0.157. The average molecular weight is 723 g/mol. The first-order valence-corrected chi connectivity index (χ1v) is 16.1. The number of halogens is 7. The number of ether oxygens (including phenoxy) is 2. The van der Waals surface area contributed by atoms with Crippen molar-refractivity contribution in [3.8, 4) is 17.0 Å². The summed E-state index contributed by atoms with van der Waals surface area (Å²) in [6, 6.07) is 7.13. The molecule has 16 heteroatoms. The maximum Gasteiger partial charge on any atom is 0.418 e. The van der Waals surface area contributed by atoms with Gasteiger partial charge in [-0.05, 0) is 64.3 Å². The number of piperazine rings is 1. The Morgan fingerprint density at radius 1 is 1.00 bits per heavy atom. The van der Waals surface area contributed by atoms with E-state index in [4.69, 9.17) is 21.1 Å². The van der Waals surface area contributed by atoms with E-state index in [1.807, 2.05) is 0 Å². The Hall–Kier alpha value is -4.53. The number of alkyl halides is 3. The molecule has 2 aliphatic rings. The van der Waals surface area contributed by atoms with E-state index in [9.17, 15) is 18.0 Å². The normalized spacial score (nSPS) is 17.8. The lowest BCUT2D eigenvalue weighted by Gasteiger charge is -2.42. The SMILES string of the molecule is COc1ccc(CNc2nc(-c3c(Cl)cc4c(N5CC6CCC(C5)N6C(=O)OC(C)(C)C)nc(F)nc4c3F)c(C(F)(F)F)c(C)c2F)cc1. The van der Waals surface area contributed by atoms with Crippen LogP contribution in [0.4, 0.5) is 42.8 Å². The van der Waals surface area contributed by atoms with Crippen molar-refractivity contribution in [3.63, 3.8) is 0 Å². The molecule has 0 saturated carbocycles. The van der Waals surface area contributed by atoms with Gasteiger partial charge in [-0.3, -0.25) is 4.90 Å². The third-order valence-corrected chi connectivity index (χ3v) is 9.03. The fourth-order valence-corrected chi connectivity index (χ4v) is 6.84. The minimum atomic E-state index is -5.18. The van der Waals surface area contributed by atoms with Crippen LogP contribution in [0.25, 0.3) is 22.2 Å². The zero-order valence-electron chi connectivity index (χ0n) is 27.7. The van der Waals surface area contributed by atoms with Gasteiger partial charge in [0.2, 0.25) is 0 Å². The smallest absolute Gasteiger partial charge is 0.418 e. The van der Waals surface area contributed by atoms with E-state index in [1.165, 1.54) is 7.11 Å². The van der Waals surface area contributed by atoms with E-state index in [-0.39, 0.29) is 42.9 Å². The number of pyridine rings is 1. The molecule has 2 fully saturated rings. The van der Waals surface area contributed by atoms with E-state index in [0.29, 0.717) is 24.2 Å². The van der Waals surface area contributed by atoms with Crippen LogP contribution in [0.1, 0.15) is 50.3 Å². The Morgan fingerprint density at radius 2 is 1.64 bits per heavy atom. The average Bonchev–Trinajstić information content (AvgIpc) is 3.30. The molecule has 0 radical (unpaired) electrons. The number of carbonyl (C=O) groups excluding carboxylic acids is 1. The predicted molar refractivity (Wildman–Crippen MR) is 175 cm³/mol. The third-order valence-electron chi connectivity index (χ3n) is 8.73. The lowest BCUT2D eigenvalue weighted by atomic mass is 9.98. The number of hydrogen-bond donors (Lipinski definition) is 1. The van der Waals surface area contributed by atoms with Crippen LogP contribution in [0.2, 0.25) is 5.02 Å². The number of anilines is 2. The van der Waals surface area contributed by atoms with Crippen molar-refractivity contribution in [3.05, 3.63) is 69.8 Å². The van der Waals surface area contributed by atoms with Crippen LogP contribution >= 0.6 is 11.6 Å². The van der Waals surface area contributed by atoms with Crippen LogP contribution in [0.5, 0.6) is 5.75 Å². The molecule has 2 saturated heterocycles. The van der Waals surface area contributed by atoms with Gasteiger partial charge in [0, 0.05) is 30.6 Å². The van der Waals surface area contributed by atoms with Crippen molar-refractivity contribution in [1.82, 2.24) is 19.9 Å². The zero-order valence-corrected chi connectivity index (χ0v) is 28.4. The first kappa shape index (κ1) is 35.3. The number of rotatable bonds is 6. The standard InChI is InChI=1S/C34H33ClF6N6O3/c1-16-24(34(39,40)41)28(43-29(25(16)36)42-13-17-6-10-20(49-5)11-7-17)23-22(35)12-21-27(26(23)37)44-31(38)45-30(21)46-14-18-8-9-19(15-46)47(18)32(48)50-33(2,3)4/h6-7,10-12,18-19H,8-9,13-15H2,1-5H3,(H,42,43). The number of hydrogen-bond acceptors (Lipinski definition) is 8. The topological polar surface area (TPSA) is 92.7 Å². The zero-order chi connectivity index (χ0) is 36.3. The highest BCUT2D eigenvalue weighted by Gasteiger charge is 2.45. The van der Waals surface area contributed by atoms with E-state index in [1.54, 1.807) is 54.8 Å². The summed E-state index contributed by atoms with van der Waals surface area (Å²) in [5, 5.41) is 2.11. The number of amides is 1. The number of nitrogens with zero attached hydrogens (tertiary/aromatic N) is 5. The number of benzene rings is 2. The summed E-state index contributed by atoms with van der Waals surface area (Å²) in [6.45, 7) is 6.52. The first-order valence-electron chi connectivity index (χ1n) is 15.7.